The number of halogens is 1. The van der Waals surface area contributed by atoms with Crippen LogP contribution in [0.5, 0.6) is 0 Å². The van der Waals surface area contributed by atoms with Gasteiger partial charge in [-0.05, 0) is 37.5 Å². The largest absolute Gasteiger partial charge is 0.299 e. The van der Waals surface area contributed by atoms with Crippen LogP contribution in [0.4, 0.5) is 0 Å². The average molecular weight is 283 g/mol. The Hall–Kier alpha value is -0.730. The molecule has 98 valence electrons. The first-order valence-electron chi connectivity index (χ1n) is 6.23. The average Bonchev–Trinajstić information content (AvgIpc) is 2.36. The van der Waals surface area contributed by atoms with Crippen LogP contribution >= 0.6 is 23.4 Å². The minimum absolute atomic E-state index is 0.318. The molecular formula is C15H19ClOS. The molecule has 0 N–H and O–H groups in total. The lowest BCUT2D eigenvalue weighted by Gasteiger charge is -2.02. The molecule has 0 fully saturated rings. The first-order valence-corrected chi connectivity index (χ1v) is 7.59. The van der Waals surface area contributed by atoms with E-state index in [2.05, 4.69) is 6.58 Å². The first kappa shape index (κ1) is 15.3. The van der Waals surface area contributed by atoms with Gasteiger partial charge in [0, 0.05) is 16.3 Å². The zero-order chi connectivity index (χ0) is 13.2. The van der Waals surface area contributed by atoms with Crippen LogP contribution in [0.15, 0.2) is 41.8 Å². The Labute approximate surface area is 119 Å². The summed E-state index contributed by atoms with van der Waals surface area (Å²) in [5.74, 6) is 0.862. The number of thioether (sulfide) groups is 1. The van der Waals surface area contributed by atoms with Crippen molar-refractivity contribution in [2.45, 2.75) is 37.0 Å². The highest BCUT2D eigenvalue weighted by Crippen LogP contribution is 2.22. The van der Waals surface area contributed by atoms with Crippen LogP contribution in [0.3, 0.4) is 0 Å². The van der Waals surface area contributed by atoms with E-state index in [1.54, 1.807) is 11.8 Å². The molecule has 0 atom stereocenters. The third-order valence-electron chi connectivity index (χ3n) is 2.56. The number of rotatable bonds is 9. The number of hydrogen-bond donors (Lipinski definition) is 0. The zero-order valence-corrected chi connectivity index (χ0v) is 12.1. The highest BCUT2D eigenvalue weighted by molar-refractivity contribution is 8.00. The van der Waals surface area contributed by atoms with Crippen LogP contribution in [0.25, 0.3) is 0 Å². The van der Waals surface area contributed by atoms with Crippen molar-refractivity contribution in [3.8, 4) is 0 Å². The summed E-state index contributed by atoms with van der Waals surface area (Å²) in [4.78, 5) is 12.7. The maximum atomic E-state index is 11.7. The van der Waals surface area contributed by atoms with E-state index in [9.17, 15) is 4.79 Å². The molecule has 0 unspecified atom stereocenters. The molecule has 1 aromatic rings. The first-order chi connectivity index (χ1) is 8.72. The van der Waals surface area contributed by atoms with Gasteiger partial charge in [-0.1, -0.05) is 30.2 Å². The van der Waals surface area contributed by atoms with Gasteiger partial charge in [-0.25, -0.2) is 0 Å². The maximum Gasteiger partial charge on any atom is 0.143 e. The monoisotopic (exact) mass is 282 g/mol. The lowest BCUT2D eigenvalue weighted by molar-refractivity contribution is -0.116. The van der Waals surface area contributed by atoms with Crippen LogP contribution in [0, 0.1) is 0 Å². The third kappa shape index (κ3) is 6.87. The number of carbonyl (C=O) groups is 1. The fourth-order valence-corrected chi connectivity index (χ4v) is 2.69. The second-order valence-corrected chi connectivity index (χ2v) is 5.66. The quantitative estimate of drug-likeness (QED) is 0.354. The molecule has 0 saturated heterocycles. The van der Waals surface area contributed by atoms with Gasteiger partial charge in [0.25, 0.3) is 0 Å². The number of hydrogen-bond acceptors (Lipinski definition) is 2. The predicted molar refractivity (Wildman–Crippen MR) is 80.5 cm³/mol. The molecule has 0 aromatic heterocycles. The molecule has 1 aromatic carbocycles. The molecule has 0 saturated carbocycles. The van der Waals surface area contributed by atoms with Crippen molar-refractivity contribution in [2.24, 2.45) is 0 Å². The van der Waals surface area contributed by atoms with Crippen molar-refractivity contribution in [3.63, 3.8) is 0 Å². The summed E-state index contributed by atoms with van der Waals surface area (Å²) in [7, 11) is 0. The molecule has 0 spiro atoms. The van der Waals surface area contributed by atoms with Crippen molar-refractivity contribution in [1.82, 2.24) is 0 Å². The summed E-state index contributed by atoms with van der Waals surface area (Å²) in [6.45, 7) is 3.68. The van der Waals surface area contributed by atoms with Crippen molar-refractivity contribution < 1.29 is 4.79 Å². The van der Waals surface area contributed by atoms with E-state index in [4.69, 9.17) is 11.6 Å². The van der Waals surface area contributed by atoms with Gasteiger partial charge in [0.1, 0.15) is 5.78 Å². The molecule has 0 aliphatic carbocycles. The Kier molecular flexibility index (Phi) is 7.86. The molecule has 0 aliphatic rings. The molecule has 3 heteroatoms. The van der Waals surface area contributed by atoms with E-state index in [1.807, 2.05) is 30.3 Å². The highest BCUT2D eigenvalue weighted by Gasteiger charge is 2.03. The lowest BCUT2D eigenvalue weighted by Crippen LogP contribution is -2.00. The normalized spacial score (nSPS) is 10.3. The van der Waals surface area contributed by atoms with E-state index >= 15 is 0 Å². The number of ketones is 1. The van der Waals surface area contributed by atoms with Crippen molar-refractivity contribution in [3.05, 3.63) is 41.9 Å². The second-order valence-electron chi connectivity index (χ2n) is 4.17. The second kappa shape index (κ2) is 9.23. The van der Waals surface area contributed by atoms with Gasteiger partial charge < -0.3 is 0 Å². The Morgan fingerprint density at radius 3 is 2.89 bits per heavy atom. The molecule has 0 radical (unpaired) electrons. The standard InChI is InChI=1S/C15H19ClOS/c1-2-3-4-5-6-9-14(17)12-18-15-10-7-8-13(16)11-15/h2,7-8,10-11H,1,3-6,9,12H2. The summed E-state index contributed by atoms with van der Waals surface area (Å²) in [6.07, 6.45) is 6.90. The van der Waals surface area contributed by atoms with Crippen LogP contribution in [-0.4, -0.2) is 11.5 Å². The summed E-state index contributed by atoms with van der Waals surface area (Å²) in [6, 6.07) is 7.62. The Balaban J connectivity index is 2.15. The zero-order valence-electron chi connectivity index (χ0n) is 10.5. The molecular weight excluding hydrogens is 264 g/mol. The molecule has 18 heavy (non-hydrogen) atoms. The molecule has 0 aliphatic heterocycles. The van der Waals surface area contributed by atoms with Crippen molar-refractivity contribution in [1.29, 1.82) is 0 Å². The number of Topliss-reactive ketones (excluding diaryl/α,β-unsaturated/α-hetero) is 1. The SMILES string of the molecule is C=CCCCCCC(=O)CSc1cccc(Cl)c1. The van der Waals surface area contributed by atoms with Crippen LogP contribution in [0.1, 0.15) is 32.1 Å². The van der Waals surface area contributed by atoms with E-state index in [-0.39, 0.29) is 0 Å². The third-order valence-corrected chi connectivity index (χ3v) is 3.85. The summed E-state index contributed by atoms with van der Waals surface area (Å²) < 4.78 is 0. The van der Waals surface area contributed by atoms with Gasteiger partial charge in [-0.2, -0.15) is 0 Å². The number of unbranched alkanes of at least 4 members (excludes halogenated alkanes) is 3. The smallest absolute Gasteiger partial charge is 0.143 e. The fourth-order valence-electron chi connectivity index (χ4n) is 1.58. The van der Waals surface area contributed by atoms with Gasteiger partial charge in [0.05, 0.1) is 5.75 Å². The Morgan fingerprint density at radius 2 is 2.17 bits per heavy atom. The van der Waals surface area contributed by atoms with E-state index < -0.39 is 0 Å². The van der Waals surface area contributed by atoms with E-state index in [0.717, 1.165) is 35.6 Å². The minimum Gasteiger partial charge on any atom is -0.299 e. The summed E-state index contributed by atoms with van der Waals surface area (Å²) >= 11 is 7.45. The van der Waals surface area contributed by atoms with Gasteiger partial charge in [-0.3, -0.25) is 4.79 Å². The highest BCUT2D eigenvalue weighted by atomic mass is 35.5. The topological polar surface area (TPSA) is 17.1 Å². The van der Waals surface area contributed by atoms with Crippen molar-refractivity contribution in [2.75, 3.05) is 5.75 Å². The number of carbonyl (C=O) groups excluding carboxylic acids is 1. The number of allylic oxidation sites excluding steroid dienone is 1. The van der Waals surface area contributed by atoms with Gasteiger partial charge >= 0.3 is 0 Å². The molecule has 0 amide bonds. The molecule has 1 nitrogen and oxygen atoms in total. The van der Waals surface area contributed by atoms with Gasteiger partial charge in [0.2, 0.25) is 0 Å². The van der Waals surface area contributed by atoms with Crippen LogP contribution < -0.4 is 0 Å². The number of benzene rings is 1. The predicted octanol–water partition coefficient (Wildman–Crippen LogP) is 5.14. The Bertz CT molecular complexity index is 390. The van der Waals surface area contributed by atoms with Gasteiger partial charge in [0.15, 0.2) is 0 Å². The maximum absolute atomic E-state index is 11.7. The van der Waals surface area contributed by atoms with E-state index in [0.29, 0.717) is 18.0 Å². The van der Waals surface area contributed by atoms with Gasteiger partial charge in [-0.15, -0.1) is 18.3 Å². The fraction of sp³-hybridized carbons (Fsp3) is 0.400. The summed E-state index contributed by atoms with van der Waals surface area (Å²) in [5, 5.41) is 0.719. The Morgan fingerprint density at radius 1 is 1.33 bits per heavy atom. The molecule has 0 bridgehead atoms. The van der Waals surface area contributed by atoms with E-state index in [1.165, 1.54) is 0 Å². The van der Waals surface area contributed by atoms with Crippen LogP contribution in [-0.2, 0) is 4.79 Å². The molecule has 0 heterocycles. The summed E-state index contributed by atoms with van der Waals surface area (Å²) in [5.41, 5.74) is 0. The lowest BCUT2D eigenvalue weighted by atomic mass is 10.1. The molecule has 1 rings (SSSR count). The van der Waals surface area contributed by atoms with Crippen LogP contribution in [0.2, 0.25) is 5.02 Å². The van der Waals surface area contributed by atoms with Crippen molar-refractivity contribution >= 4 is 29.1 Å². The minimum atomic E-state index is 0.318.